The van der Waals surface area contributed by atoms with Crippen LogP contribution < -0.4 is 0 Å². The van der Waals surface area contributed by atoms with E-state index in [9.17, 15) is 0 Å². The van der Waals surface area contributed by atoms with E-state index in [0.29, 0.717) is 5.92 Å². The first kappa shape index (κ1) is 8.79. The Hall–Kier alpha value is -0.790. The lowest BCUT2D eigenvalue weighted by molar-refractivity contribution is 0.394. The Balaban J connectivity index is 2.28. The summed E-state index contributed by atoms with van der Waals surface area (Å²) < 4.78 is 2.34. The summed E-state index contributed by atoms with van der Waals surface area (Å²) in [6.45, 7) is 7.89. The van der Waals surface area contributed by atoms with Gasteiger partial charge in [0.25, 0.3) is 0 Å². The van der Waals surface area contributed by atoms with Crippen molar-refractivity contribution >= 4 is 0 Å². The molecule has 2 heterocycles. The van der Waals surface area contributed by atoms with Crippen LogP contribution in [0.5, 0.6) is 0 Å². The Bertz CT molecular complexity index is 299. The Morgan fingerprint density at radius 1 is 1.54 bits per heavy atom. The number of imidazole rings is 1. The number of aromatic nitrogens is 2. The molecule has 1 atom stereocenters. The van der Waals surface area contributed by atoms with Crippen molar-refractivity contribution in [3.05, 3.63) is 17.7 Å². The van der Waals surface area contributed by atoms with Crippen LogP contribution in [0.3, 0.4) is 0 Å². The van der Waals surface area contributed by atoms with E-state index >= 15 is 0 Å². The summed E-state index contributed by atoms with van der Waals surface area (Å²) in [5.74, 6) is 2.68. The van der Waals surface area contributed by atoms with E-state index < -0.39 is 0 Å². The van der Waals surface area contributed by atoms with Crippen LogP contribution in [0.2, 0.25) is 0 Å². The molecule has 0 fully saturated rings. The van der Waals surface area contributed by atoms with Gasteiger partial charge in [0.15, 0.2) is 0 Å². The van der Waals surface area contributed by atoms with E-state index in [4.69, 9.17) is 0 Å². The fraction of sp³-hybridized carbons (Fsp3) is 0.727. The van der Waals surface area contributed by atoms with Crippen molar-refractivity contribution in [2.75, 3.05) is 0 Å². The molecule has 1 unspecified atom stereocenters. The van der Waals surface area contributed by atoms with Gasteiger partial charge in [-0.15, -0.1) is 0 Å². The molecule has 1 aliphatic heterocycles. The summed E-state index contributed by atoms with van der Waals surface area (Å²) in [6, 6.07) is 0. The van der Waals surface area contributed by atoms with Gasteiger partial charge in [-0.25, -0.2) is 4.98 Å². The summed E-state index contributed by atoms with van der Waals surface area (Å²) in [6.07, 6.45) is 4.69. The largest absolute Gasteiger partial charge is 0.334 e. The highest BCUT2D eigenvalue weighted by atomic mass is 15.1. The van der Waals surface area contributed by atoms with Gasteiger partial charge >= 0.3 is 0 Å². The van der Waals surface area contributed by atoms with Crippen molar-refractivity contribution in [3.63, 3.8) is 0 Å². The number of fused-ring (bicyclic) bond motifs is 1. The van der Waals surface area contributed by atoms with E-state index in [1.165, 1.54) is 17.9 Å². The molecular formula is C11H18N2. The summed E-state index contributed by atoms with van der Waals surface area (Å²) >= 11 is 0. The van der Waals surface area contributed by atoms with Crippen LogP contribution in [0, 0.1) is 5.92 Å². The third-order valence-electron chi connectivity index (χ3n) is 2.84. The minimum Gasteiger partial charge on any atom is -0.334 e. The van der Waals surface area contributed by atoms with Gasteiger partial charge in [-0.05, 0) is 18.3 Å². The van der Waals surface area contributed by atoms with Crippen molar-refractivity contribution in [2.45, 2.75) is 46.1 Å². The number of rotatable bonds is 1. The molecule has 0 bridgehead atoms. The van der Waals surface area contributed by atoms with Crippen molar-refractivity contribution in [1.29, 1.82) is 0 Å². The first-order valence-electron chi connectivity index (χ1n) is 5.22. The molecule has 13 heavy (non-hydrogen) atoms. The minimum absolute atomic E-state index is 0.563. The molecule has 0 aromatic carbocycles. The van der Waals surface area contributed by atoms with Crippen LogP contribution in [-0.2, 0) is 13.0 Å². The predicted octanol–water partition coefficient (Wildman–Crippen LogP) is 2.59. The van der Waals surface area contributed by atoms with Gasteiger partial charge in [-0.3, -0.25) is 0 Å². The van der Waals surface area contributed by atoms with Gasteiger partial charge in [0.2, 0.25) is 0 Å². The van der Waals surface area contributed by atoms with Gasteiger partial charge in [0, 0.05) is 19.2 Å². The molecule has 1 aromatic heterocycles. The maximum Gasteiger partial charge on any atom is 0.108 e. The lowest BCUT2D eigenvalue weighted by Crippen LogP contribution is -2.17. The van der Waals surface area contributed by atoms with E-state index in [0.717, 1.165) is 18.9 Å². The third kappa shape index (κ3) is 1.62. The molecule has 0 saturated carbocycles. The fourth-order valence-corrected chi connectivity index (χ4v) is 1.91. The van der Waals surface area contributed by atoms with Gasteiger partial charge in [0.1, 0.15) is 5.82 Å². The summed E-state index contributed by atoms with van der Waals surface area (Å²) in [7, 11) is 0. The number of aryl methyl sites for hydroxylation is 1. The SMILES string of the molecule is CC1CCc2nc(C(C)C)cn2C1. The summed E-state index contributed by atoms with van der Waals surface area (Å²) in [5, 5.41) is 0. The second kappa shape index (κ2) is 3.17. The Morgan fingerprint density at radius 2 is 2.31 bits per heavy atom. The normalized spacial score (nSPS) is 22.0. The van der Waals surface area contributed by atoms with E-state index in [1.807, 2.05) is 0 Å². The third-order valence-corrected chi connectivity index (χ3v) is 2.84. The molecule has 1 aromatic rings. The van der Waals surface area contributed by atoms with E-state index in [-0.39, 0.29) is 0 Å². The van der Waals surface area contributed by atoms with Crippen LogP contribution in [0.25, 0.3) is 0 Å². The van der Waals surface area contributed by atoms with E-state index in [2.05, 4.69) is 36.5 Å². The topological polar surface area (TPSA) is 17.8 Å². The first-order chi connectivity index (χ1) is 6.16. The van der Waals surface area contributed by atoms with Gasteiger partial charge in [-0.2, -0.15) is 0 Å². The molecule has 0 N–H and O–H groups in total. The Labute approximate surface area is 80.0 Å². The van der Waals surface area contributed by atoms with Crippen LogP contribution in [-0.4, -0.2) is 9.55 Å². The molecule has 2 heteroatoms. The summed E-state index contributed by atoms with van der Waals surface area (Å²) in [4.78, 5) is 4.65. The predicted molar refractivity (Wildman–Crippen MR) is 53.8 cm³/mol. The molecular weight excluding hydrogens is 160 g/mol. The van der Waals surface area contributed by atoms with Crippen LogP contribution in [0.4, 0.5) is 0 Å². The molecule has 2 nitrogen and oxygen atoms in total. The fourth-order valence-electron chi connectivity index (χ4n) is 1.91. The quantitative estimate of drug-likeness (QED) is 0.646. The van der Waals surface area contributed by atoms with Crippen molar-refractivity contribution < 1.29 is 0 Å². The van der Waals surface area contributed by atoms with Gasteiger partial charge in [0.05, 0.1) is 5.69 Å². The van der Waals surface area contributed by atoms with Crippen LogP contribution >= 0.6 is 0 Å². The zero-order valence-corrected chi connectivity index (χ0v) is 8.75. The Kier molecular flexibility index (Phi) is 2.14. The lowest BCUT2D eigenvalue weighted by Gasteiger charge is -2.19. The van der Waals surface area contributed by atoms with E-state index in [1.54, 1.807) is 0 Å². The van der Waals surface area contributed by atoms with Crippen LogP contribution in [0.1, 0.15) is 44.6 Å². The molecule has 0 amide bonds. The minimum atomic E-state index is 0.563. The highest BCUT2D eigenvalue weighted by Gasteiger charge is 2.17. The zero-order valence-electron chi connectivity index (χ0n) is 8.75. The van der Waals surface area contributed by atoms with Crippen molar-refractivity contribution in [3.8, 4) is 0 Å². The zero-order chi connectivity index (χ0) is 9.42. The standard InChI is InChI=1S/C11H18N2/c1-8(2)10-7-13-6-9(3)4-5-11(13)12-10/h7-9H,4-6H2,1-3H3. The average Bonchev–Trinajstić information content (AvgIpc) is 2.46. The second-order valence-corrected chi connectivity index (χ2v) is 4.53. The lowest BCUT2D eigenvalue weighted by atomic mass is 10.0. The van der Waals surface area contributed by atoms with Gasteiger partial charge < -0.3 is 4.57 Å². The Morgan fingerprint density at radius 3 is 3.00 bits per heavy atom. The van der Waals surface area contributed by atoms with Gasteiger partial charge in [-0.1, -0.05) is 20.8 Å². The van der Waals surface area contributed by atoms with Crippen molar-refractivity contribution in [2.24, 2.45) is 5.92 Å². The molecule has 72 valence electrons. The average molecular weight is 178 g/mol. The summed E-state index contributed by atoms with van der Waals surface area (Å²) in [5.41, 5.74) is 1.25. The number of nitrogens with zero attached hydrogens (tertiary/aromatic N) is 2. The number of hydrogen-bond donors (Lipinski definition) is 0. The highest BCUT2D eigenvalue weighted by Crippen LogP contribution is 2.22. The smallest absolute Gasteiger partial charge is 0.108 e. The second-order valence-electron chi connectivity index (χ2n) is 4.53. The molecule has 0 saturated heterocycles. The molecule has 2 rings (SSSR count). The maximum atomic E-state index is 4.65. The van der Waals surface area contributed by atoms with Crippen molar-refractivity contribution in [1.82, 2.24) is 9.55 Å². The molecule has 0 aliphatic carbocycles. The number of hydrogen-bond acceptors (Lipinski definition) is 1. The monoisotopic (exact) mass is 178 g/mol. The molecule has 1 aliphatic rings. The first-order valence-corrected chi connectivity index (χ1v) is 5.22. The van der Waals surface area contributed by atoms with Crippen LogP contribution in [0.15, 0.2) is 6.20 Å². The molecule has 0 spiro atoms. The molecule has 0 radical (unpaired) electrons. The maximum absolute atomic E-state index is 4.65. The highest BCUT2D eigenvalue weighted by molar-refractivity contribution is 5.09.